The Morgan fingerprint density at radius 2 is 0.921 bits per heavy atom. The number of methoxy groups -OCH3 is 2. The summed E-state index contributed by atoms with van der Waals surface area (Å²) in [5.41, 5.74) is -1.68. The highest BCUT2D eigenvalue weighted by Gasteiger charge is 2.39. The third-order valence-corrected chi connectivity index (χ3v) is 12.4. The van der Waals surface area contributed by atoms with Gasteiger partial charge in [-0.1, -0.05) is 24.3 Å². The summed E-state index contributed by atoms with van der Waals surface area (Å²) < 4.78 is 179. The van der Waals surface area contributed by atoms with Gasteiger partial charge in [0, 0.05) is 22.6 Å². The lowest BCUT2D eigenvalue weighted by molar-refractivity contribution is -0.144. The molecule has 1 unspecified atom stereocenters. The lowest BCUT2D eigenvalue weighted by atomic mass is 9.79. The number of benzene rings is 6. The predicted molar refractivity (Wildman–Crippen MR) is 250 cm³/mol. The Morgan fingerprint density at radius 1 is 0.500 bits per heavy atom. The summed E-state index contributed by atoms with van der Waals surface area (Å²) >= 11 is 0. The van der Waals surface area contributed by atoms with Crippen LogP contribution in [-0.4, -0.2) is 37.7 Å². The van der Waals surface area contributed by atoms with E-state index in [-0.39, 0.29) is 67.1 Å². The highest BCUT2D eigenvalue weighted by molar-refractivity contribution is 6.13. The van der Waals surface area contributed by atoms with E-state index in [1.54, 1.807) is 78.9 Å². The first-order chi connectivity index (χ1) is 35.7. The number of esters is 2. The molecule has 398 valence electrons. The van der Waals surface area contributed by atoms with Gasteiger partial charge in [-0.05, 0) is 169 Å². The smallest absolute Gasteiger partial charge is 0.416 e. The highest BCUT2D eigenvalue weighted by Crippen LogP contribution is 2.40. The molecule has 76 heavy (non-hydrogen) atoms. The van der Waals surface area contributed by atoms with Gasteiger partial charge in [0.05, 0.1) is 47.6 Å². The Labute approximate surface area is 425 Å². The van der Waals surface area contributed by atoms with E-state index in [0.29, 0.717) is 82.0 Å². The van der Waals surface area contributed by atoms with Crippen molar-refractivity contribution in [1.29, 1.82) is 0 Å². The Bertz CT molecular complexity index is 3110. The summed E-state index contributed by atoms with van der Waals surface area (Å²) in [5, 5.41) is 0. The van der Waals surface area contributed by atoms with Gasteiger partial charge in [0.15, 0.2) is 11.6 Å². The Balaban J connectivity index is 0.000000221. The van der Waals surface area contributed by atoms with Gasteiger partial charge in [-0.25, -0.2) is 9.59 Å². The third kappa shape index (κ3) is 13.9. The Kier molecular flexibility index (Phi) is 16.5. The van der Waals surface area contributed by atoms with Crippen LogP contribution < -0.4 is 9.47 Å². The van der Waals surface area contributed by atoms with Gasteiger partial charge in [-0.3, -0.25) is 9.59 Å². The second kappa shape index (κ2) is 22.5. The van der Waals surface area contributed by atoms with E-state index in [0.717, 1.165) is 17.2 Å². The maximum absolute atomic E-state index is 13.2. The van der Waals surface area contributed by atoms with Gasteiger partial charge >= 0.3 is 36.6 Å². The molecule has 2 aliphatic rings. The normalized spacial score (nSPS) is 15.2. The number of ketones is 2. The highest BCUT2D eigenvalue weighted by atomic mass is 19.4. The average molecular weight is 1070 g/mol. The maximum Gasteiger partial charge on any atom is 0.416 e. The summed E-state index contributed by atoms with van der Waals surface area (Å²) in [4.78, 5) is 49.1. The van der Waals surface area contributed by atoms with E-state index in [2.05, 4.69) is 9.47 Å². The molecule has 0 amide bonds. The number of ether oxygens (including phenoxy) is 4. The van der Waals surface area contributed by atoms with Gasteiger partial charge in [0.2, 0.25) is 0 Å². The number of Topliss-reactive ketones (excluding diaryl/α,β-unsaturated/α-hetero) is 2. The molecular weight excluding hydrogens is 1030 g/mol. The van der Waals surface area contributed by atoms with Crippen LogP contribution in [0.2, 0.25) is 0 Å². The first-order valence-electron chi connectivity index (χ1n) is 22.9. The molecule has 20 heteroatoms. The van der Waals surface area contributed by atoms with Gasteiger partial charge in [0.25, 0.3) is 0 Å². The molecule has 0 heterocycles. The van der Waals surface area contributed by atoms with E-state index >= 15 is 0 Å². The van der Waals surface area contributed by atoms with Crippen molar-refractivity contribution in [3.8, 4) is 11.5 Å². The number of alkyl halides is 12. The molecule has 0 N–H and O–H groups in total. The van der Waals surface area contributed by atoms with Crippen molar-refractivity contribution >= 4 is 29.6 Å². The second-order valence-corrected chi connectivity index (χ2v) is 17.6. The topological polar surface area (TPSA) is 105 Å². The van der Waals surface area contributed by atoms with E-state index in [4.69, 9.17) is 9.47 Å². The van der Waals surface area contributed by atoms with Crippen molar-refractivity contribution in [1.82, 2.24) is 0 Å². The van der Waals surface area contributed by atoms with Crippen LogP contribution in [0, 0.1) is 5.92 Å². The average Bonchev–Trinajstić information content (AvgIpc) is 3.39. The van der Waals surface area contributed by atoms with Gasteiger partial charge in [0.1, 0.15) is 24.7 Å². The Hall–Kier alpha value is -7.90. The first-order valence-corrected chi connectivity index (χ1v) is 22.9. The molecule has 8 nitrogen and oxygen atoms in total. The quantitative estimate of drug-likeness (QED) is 0.0718. The van der Waals surface area contributed by atoms with Crippen LogP contribution >= 0.6 is 0 Å². The number of halogens is 12. The van der Waals surface area contributed by atoms with Crippen molar-refractivity contribution in [2.24, 2.45) is 5.92 Å². The number of fused-ring (bicyclic) bond motifs is 2. The fourth-order valence-corrected chi connectivity index (χ4v) is 8.49. The molecule has 0 aromatic heterocycles. The van der Waals surface area contributed by atoms with Crippen LogP contribution in [0.15, 0.2) is 127 Å². The fraction of sp³-hybridized carbons (Fsp3) is 0.250. The summed E-state index contributed by atoms with van der Waals surface area (Å²) in [6.45, 7) is 0.393. The summed E-state index contributed by atoms with van der Waals surface area (Å²) in [6, 6.07) is 25.6. The summed E-state index contributed by atoms with van der Waals surface area (Å²) in [6.07, 6.45) is -17.8. The van der Waals surface area contributed by atoms with E-state index in [1.165, 1.54) is 20.3 Å². The number of hydrogen-bond acceptors (Lipinski definition) is 8. The minimum Gasteiger partial charge on any atom is -0.489 e. The zero-order valence-electron chi connectivity index (χ0n) is 40.0. The molecule has 0 saturated heterocycles. The minimum absolute atomic E-state index is 0.0506. The monoisotopic (exact) mass is 1070 g/mol. The van der Waals surface area contributed by atoms with E-state index < -0.39 is 70.6 Å². The largest absolute Gasteiger partial charge is 0.489 e. The molecule has 0 bridgehead atoms. The van der Waals surface area contributed by atoms with Crippen molar-refractivity contribution in [3.63, 3.8) is 0 Å². The molecule has 0 saturated carbocycles. The molecular formula is C56H42F12O8. The zero-order chi connectivity index (χ0) is 55.3. The van der Waals surface area contributed by atoms with Crippen LogP contribution in [0.3, 0.4) is 0 Å². The Morgan fingerprint density at radius 3 is 1.36 bits per heavy atom. The third-order valence-electron chi connectivity index (χ3n) is 12.4. The number of aryl methyl sites for hydroxylation is 2. The summed E-state index contributed by atoms with van der Waals surface area (Å²) in [5.74, 6) is -1.48. The molecule has 0 aliphatic heterocycles. The fourth-order valence-electron chi connectivity index (χ4n) is 8.49. The van der Waals surface area contributed by atoms with Gasteiger partial charge in [-0.2, -0.15) is 52.7 Å². The lowest BCUT2D eigenvalue weighted by Crippen LogP contribution is -2.25. The minimum atomic E-state index is -4.97. The van der Waals surface area contributed by atoms with Crippen molar-refractivity contribution in [3.05, 3.63) is 205 Å². The zero-order valence-corrected chi connectivity index (χ0v) is 40.0. The van der Waals surface area contributed by atoms with Crippen LogP contribution in [-0.2, 0) is 66.7 Å². The number of carbonyl (C=O) groups is 4. The lowest BCUT2D eigenvalue weighted by Gasteiger charge is -2.24. The first kappa shape index (κ1) is 55.8. The molecule has 1 atom stereocenters. The molecule has 8 rings (SSSR count). The second-order valence-electron chi connectivity index (χ2n) is 17.6. The molecule has 2 aliphatic carbocycles. The van der Waals surface area contributed by atoms with Gasteiger partial charge in [-0.15, -0.1) is 0 Å². The molecule has 0 spiro atoms. The van der Waals surface area contributed by atoms with E-state index in [1.807, 2.05) is 0 Å². The molecule has 0 radical (unpaired) electrons. The molecule has 6 aromatic rings. The maximum atomic E-state index is 13.2. The summed E-state index contributed by atoms with van der Waals surface area (Å²) in [7, 11) is 2.57. The van der Waals surface area contributed by atoms with Crippen LogP contribution in [0.1, 0.15) is 110 Å². The molecule has 0 fully saturated rings. The number of allylic oxidation sites excluding steroid dienone is 1. The predicted octanol–water partition coefficient (Wildman–Crippen LogP) is 14.4. The number of carbonyl (C=O) groups excluding carboxylic acids is 4. The number of hydrogen-bond donors (Lipinski definition) is 0. The van der Waals surface area contributed by atoms with E-state index in [9.17, 15) is 71.9 Å². The van der Waals surface area contributed by atoms with Gasteiger partial charge < -0.3 is 18.9 Å². The SMILES string of the molecule is COC(=O)c1ccc(COc2ccc3c(c2)CC/C(=C\c2cc(C(F)(F)F)cc(C(F)(F)F)c2)C3=O)cc1.COC(=O)c1ccc(COc2ccc3c(c2)CCC(Cc2cc(C(F)(F)F)cc(C(F)(F)F)c2)C3=O)cc1. The van der Waals surface area contributed by atoms with Crippen molar-refractivity contribution < 1.29 is 90.8 Å². The molecule has 6 aromatic carbocycles. The standard InChI is InChI=1S/C28H22F6O4.C28H20F6O4/c2*1-37-26(36)18-4-2-16(3-5-18)15-38-23-8-9-24-19(13-23)6-7-20(25(24)35)10-17-11-21(27(29,30)31)14-22(12-17)28(32,33)34/h2-5,8-9,11-14,20H,6-7,10,15H2,1H3;2-5,8-14H,6-7,15H2,1H3/b;20-10+. The van der Waals surface area contributed by atoms with Crippen LogP contribution in [0.4, 0.5) is 52.7 Å². The number of rotatable bonds is 11. The van der Waals surface area contributed by atoms with Crippen molar-refractivity contribution in [2.45, 2.75) is 70.0 Å². The van der Waals surface area contributed by atoms with Crippen LogP contribution in [0.5, 0.6) is 11.5 Å². The van der Waals surface area contributed by atoms with Crippen molar-refractivity contribution in [2.75, 3.05) is 14.2 Å². The van der Waals surface area contributed by atoms with Crippen LogP contribution in [0.25, 0.3) is 6.08 Å².